The molecule has 1 N–H and O–H groups in total. The molecule has 2 aromatic carbocycles. The number of hydrogen-bond donors (Lipinski definition) is 1. The van der Waals surface area contributed by atoms with Crippen LogP contribution in [0.1, 0.15) is 37.0 Å². The van der Waals surface area contributed by atoms with Gasteiger partial charge < -0.3 is 5.11 Å². The summed E-state index contributed by atoms with van der Waals surface area (Å²) in [5.41, 5.74) is 2.34. The molecule has 2 unspecified atom stereocenters. The van der Waals surface area contributed by atoms with Crippen LogP contribution in [-0.4, -0.2) is 29.1 Å². The fourth-order valence-electron chi connectivity index (χ4n) is 3.68. The van der Waals surface area contributed by atoms with Crippen LogP contribution in [-0.2, 0) is 6.42 Å². The molecule has 1 aliphatic heterocycles. The first-order chi connectivity index (χ1) is 11.6. The van der Waals surface area contributed by atoms with Crippen molar-refractivity contribution in [3.05, 3.63) is 70.7 Å². The predicted molar refractivity (Wildman–Crippen MR) is 100 cm³/mol. The van der Waals surface area contributed by atoms with Gasteiger partial charge >= 0.3 is 0 Å². The zero-order valence-corrected chi connectivity index (χ0v) is 15.0. The molecule has 3 heteroatoms. The lowest BCUT2D eigenvalue weighted by atomic mass is 9.89. The molecule has 0 aromatic heterocycles. The molecule has 0 radical (unpaired) electrons. The van der Waals surface area contributed by atoms with Gasteiger partial charge in [-0.25, -0.2) is 0 Å². The van der Waals surface area contributed by atoms with Crippen LogP contribution < -0.4 is 0 Å². The van der Waals surface area contributed by atoms with E-state index in [2.05, 4.69) is 42.2 Å². The third-order valence-corrected chi connectivity index (χ3v) is 5.47. The molecule has 24 heavy (non-hydrogen) atoms. The van der Waals surface area contributed by atoms with E-state index in [0.717, 1.165) is 24.6 Å². The molecule has 1 fully saturated rings. The molecule has 1 heterocycles. The number of piperidine rings is 1. The minimum atomic E-state index is -0.491. The second-order valence-electron chi connectivity index (χ2n) is 6.91. The number of benzene rings is 2. The number of halogens is 1. The van der Waals surface area contributed by atoms with Crippen molar-refractivity contribution < 1.29 is 5.11 Å². The molecule has 3 rings (SSSR count). The molecule has 0 bridgehead atoms. The zero-order valence-electron chi connectivity index (χ0n) is 14.2. The van der Waals surface area contributed by atoms with E-state index in [9.17, 15) is 5.11 Å². The van der Waals surface area contributed by atoms with E-state index in [1.807, 2.05) is 24.3 Å². The third kappa shape index (κ3) is 4.38. The van der Waals surface area contributed by atoms with Crippen LogP contribution in [0.2, 0.25) is 5.02 Å². The highest BCUT2D eigenvalue weighted by Gasteiger charge is 2.27. The molecular formula is C21H26ClNO. The molecule has 0 saturated carbocycles. The predicted octanol–water partition coefficient (Wildman–Crippen LogP) is 4.72. The van der Waals surface area contributed by atoms with Crippen LogP contribution in [0.5, 0.6) is 0 Å². The van der Waals surface area contributed by atoms with Crippen molar-refractivity contribution in [3.63, 3.8) is 0 Å². The smallest absolute Gasteiger partial charge is 0.0942 e. The summed E-state index contributed by atoms with van der Waals surface area (Å²) in [5, 5.41) is 11.3. The Morgan fingerprint density at radius 1 is 1.08 bits per heavy atom. The highest BCUT2D eigenvalue weighted by Crippen LogP contribution is 2.28. The number of hydrogen-bond acceptors (Lipinski definition) is 2. The van der Waals surface area contributed by atoms with Gasteiger partial charge in [-0.05, 0) is 68.5 Å². The van der Waals surface area contributed by atoms with Gasteiger partial charge in [-0.15, -0.1) is 0 Å². The average Bonchev–Trinajstić information content (AvgIpc) is 2.62. The lowest BCUT2D eigenvalue weighted by molar-refractivity contribution is 0.0373. The summed E-state index contributed by atoms with van der Waals surface area (Å²) in [6.45, 7) is 4.22. The summed E-state index contributed by atoms with van der Waals surface area (Å²) in [5.74, 6) is 0.749. The zero-order chi connectivity index (χ0) is 16.9. The van der Waals surface area contributed by atoms with Gasteiger partial charge in [0, 0.05) is 11.1 Å². The van der Waals surface area contributed by atoms with Gasteiger partial charge in [-0.1, -0.05) is 54.1 Å². The largest absolute Gasteiger partial charge is 0.387 e. The first-order valence-corrected chi connectivity index (χ1v) is 9.23. The van der Waals surface area contributed by atoms with Gasteiger partial charge in [-0.3, -0.25) is 4.90 Å². The maximum absolute atomic E-state index is 10.7. The van der Waals surface area contributed by atoms with Crippen molar-refractivity contribution in [2.75, 3.05) is 13.1 Å². The Morgan fingerprint density at radius 2 is 1.79 bits per heavy atom. The molecule has 0 amide bonds. The molecular weight excluding hydrogens is 318 g/mol. The summed E-state index contributed by atoms with van der Waals surface area (Å²) < 4.78 is 0. The fourth-order valence-corrected chi connectivity index (χ4v) is 3.88. The summed E-state index contributed by atoms with van der Waals surface area (Å²) in [7, 11) is 0. The number of likely N-dealkylation sites (tertiary alicyclic amines) is 1. The molecule has 2 aromatic rings. The van der Waals surface area contributed by atoms with Crippen molar-refractivity contribution >= 4 is 11.6 Å². The highest BCUT2D eigenvalue weighted by molar-refractivity contribution is 6.30. The van der Waals surface area contributed by atoms with Crippen molar-refractivity contribution in [2.24, 2.45) is 5.92 Å². The Bertz CT molecular complexity index is 637. The van der Waals surface area contributed by atoms with E-state index in [1.165, 1.54) is 24.8 Å². The molecule has 2 nitrogen and oxygen atoms in total. The van der Waals surface area contributed by atoms with Crippen LogP contribution >= 0.6 is 11.6 Å². The maximum Gasteiger partial charge on any atom is 0.0942 e. The van der Waals surface area contributed by atoms with Gasteiger partial charge in [0.1, 0.15) is 0 Å². The van der Waals surface area contributed by atoms with Crippen LogP contribution in [0.15, 0.2) is 54.6 Å². The summed E-state index contributed by atoms with van der Waals surface area (Å²) in [6.07, 6.45) is 3.07. The molecule has 0 aliphatic carbocycles. The second-order valence-corrected chi connectivity index (χ2v) is 7.35. The molecule has 2 atom stereocenters. The van der Waals surface area contributed by atoms with Crippen molar-refractivity contribution in [3.8, 4) is 0 Å². The Kier molecular flexibility index (Phi) is 5.94. The fraction of sp³-hybridized carbons (Fsp3) is 0.429. The number of aliphatic hydroxyl groups excluding tert-OH is 1. The van der Waals surface area contributed by atoms with Crippen LogP contribution in [0, 0.1) is 5.92 Å². The van der Waals surface area contributed by atoms with Crippen LogP contribution in [0.4, 0.5) is 0 Å². The summed E-state index contributed by atoms with van der Waals surface area (Å²) in [6, 6.07) is 18.4. The first kappa shape index (κ1) is 17.5. The second kappa shape index (κ2) is 8.15. The normalized spacial score (nSPS) is 19.1. The summed E-state index contributed by atoms with van der Waals surface area (Å²) in [4.78, 5) is 2.41. The van der Waals surface area contributed by atoms with Gasteiger partial charge in [-0.2, -0.15) is 0 Å². The Labute approximate surface area is 150 Å². The first-order valence-electron chi connectivity index (χ1n) is 8.85. The van der Waals surface area contributed by atoms with E-state index in [0.29, 0.717) is 5.02 Å². The quantitative estimate of drug-likeness (QED) is 0.849. The lowest BCUT2D eigenvalue weighted by Crippen LogP contribution is -2.43. The monoisotopic (exact) mass is 343 g/mol. The highest BCUT2D eigenvalue weighted by atomic mass is 35.5. The molecule has 1 aliphatic rings. The third-order valence-electron chi connectivity index (χ3n) is 5.24. The van der Waals surface area contributed by atoms with Gasteiger partial charge in [0.2, 0.25) is 0 Å². The Morgan fingerprint density at radius 3 is 2.46 bits per heavy atom. The van der Waals surface area contributed by atoms with Crippen molar-refractivity contribution in [1.29, 1.82) is 0 Å². The van der Waals surface area contributed by atoms with E-state index >= 15 is 0 Å². The molecule has 128 valence electrons. The topological polar surface area (TPSA) is 23.5 Å². The SMILES string of the molecule is CC(C(O)c1cccc(Cl)c1)N1CCC(Cc2ccccc2)CC1. The van der Waals surface area contributed by atoms with E-state index in [1.54, 1.807) is 0 Å². The number of aliphatic hydroxyl groups is 1. The number of nitrogens with zero attached hydrogens (tertiary/aromatic N) is 1. The maximum atomic E-state index is 10.7. The Balaban J connectivity index is 1.54. The summed E-state index contributed by atoms with van der Waals surface area (Å²) >= 11 is 6.05. The van der Waals surface area contributed by atoms with Crippen LogP contribution in [0.3, 0.4) is 0 Å². The van der Waals surface area contributed by atoms with Crippen molar-refractivity contribution in [1.82, 2.24) is 4.90 Å². The van der Waals surface area contributed by atoms with E-state index in [-0.39, 0.29) is 6.04 Å². The Hall–Kier alpha value is -1.35. The molecule has 0 spiro atoms. The standard InChI is InChI=1S/C21H26ClNO/c1-16(21(24)19-8-5-9-20(22)15-19)23-12-10-18(11-13-23)14-17-6-3-2-4-7-17/h2-9,15-16,18,21,24H,10-14H2,1H3. The van der Waals surface area contributed by atoms with E-state index < -0.39 is 6.10 Å². The molecule has 1 saturated heterocycles. The minimum Gasteiger partial charge on any atom is -0.387 e. The number of rotatable bonds is 5. The minimum absolute atomic E-state index is 0.112. The lowest BCUT2D eigenvalue weighted by Gasteiger charge is -2.38. The van der Waals surface area contributed by atoms with Gasteiger partial charge in [0.15, 0.2) is 0 Å². The average molecular weight is 344 g/mol. The van der Waals surface area contributed by atoms with Crippen LogP contribution in [0.25, 0.3) is 0 Å². The van der Waals surface area contributed by atoms with Gasteiger partial charge in [0.05, 0.1) is 6.10 Å². The van der Waals surface area contributed by atoms with Crippen molar-refractivity contribution in [2.45, 2.75) is 38.3 Å². The van der Waals surface area contributed by atoms with Gasteiger partial charge in [0.25, 0.3) is 0 Å². The van der Waals surface area contributed by atoms with E-state index in [4.69, 9.17) is 11.6 Å².